The third kappa shape index (κ3) is 1.94. The maximum Gasteiger partial charge on any atom is 0.167 e. The van der Waals surface area contributed by atoms with Gasteiger partial charge < -0.3 is 15.3 Å². The second kappa shape index (κ2) is 3.44. The number of aliphatic hydroxyl groups is 3. The van der Waals surface area contributed by atoms with E-state index in [0.717, 1.165) is 0 Å². The highest BCUT2D eigenvalue weighted by atomic mass is 16.5. The van der Waals surface area contributed by atoms with Gasteiger partial charge in [0.25, 0.3) is 0 Å². The Labute approximate surface area is 47.6 Å². The van der Waals surface area contributed by atoms with E-state index in [1.807, 2.05) is 5.92 Å². The molecule has 0 heterocycles. The van der Waals surface area contributed by atoms with Gasteiger partial charge in [0.2, 0.25) is 0 Å². The molecule has 0 aromatic carbocycles. The monoisotopic (exact) mass is 116 g/mol. The fourth-order valence-corrected chi connectivity index (χ4v) is 0.233. The second-order valence-corrected chi connectivity index (χ2v) is 1.37. The molecule has 8 heavy (non-hydrogen) atoms. The van der Waals surface area contributed by atoms with E-state index in [1.165, 1.54) is 0 Å². The summed E-state index contributed by atoms with van der Waals surface area (Å²) in [6.07, 6.45) is 3.15. The number of rotatable bonds is 2. The average Bonchev–Trinajstić information content (AvgIpc) is 1.69. The third-order valence-electron chi connectivity index (χ3n) is 0.771. The molecule has 0 amide bonds. The fraction of sp³-hybridized carbons (Fsp3) is 0.600. The van der Waals surface area contributed by atoms with E-state index >= 15 is 0 Å². The predicted octanol–water partition coefficient (Wildman–Crippen LogP) is -1.46. The Morgan fingerprint density at radius 2 is 2.00 bits per heavy atom. The summed E-state index contributed by atoms with van der Waals surface area (Å²) in [5.41, 5.74) is 0. The van der Waals surface area contributed by atoms with Crippen LogP contribution in [0.4, 0.5) is 0 Å². The van der Waals surface area contributed by atoms with E-state index in [-0.39, 0.29) is 0 Å². The lowest BCUT2D eigenvalue weighted by Gasteiger charge is -2.06. The van der Waals surface area contributed by atoms with Crippen LogP contribution in [-0.2, 0) is 0 Å². The minimum atomic E-state index is -1.61. The Morgan fingerprint density at radius 3 is 2.00 bits per heavy atom. The van der Waals surface area contributed by atoms with Crippen molar-refractivity contribution in [3.8, 4) is 12.3 Å². The Balaban J connectivity index is 3.57. The van der Waals surface area contributed by atoms with Crippen molar-refractivity contribution < 1.29 is 15.3 Å². The summed E-state index contributed by atoms with van der Waals surface area (Å²) >= 11 is 0. The lowest BCUT2D eigenvalue weighted by Crippen LogP contribution is -2.20. The summed E-state index contributed by atoms with van der Waals surface area (Å²) in [4.78, 5) is 0. The van der Waals surface area contributed by atoms with Crippen molar-refractivity contribution in [2.45, 2.75) is 6.29 Å². The molecule has 3 heteroatoms. The molecule has 3 N–H and O–H groups in total. The van der Waals surface area contributed by atoms with Crippen LogP contribution in [-0.4, -0.2) is 28.2 Å². The first-order chi connectivity index (χ1) is 3.72. The molecule has 0 radical (unpaired) electrons. The van der Waals surface area contributed by atoms with Crippen LogP contribution in [0.3, 0.4) is 0 Å². The summed E-state index contributed by atoms with van der Waals surface area (Å²) in [7, 11) is 0. The number of aliphatic hydroxyl groups excluding tert-OH is 2. The first kappa shape index (κ1) is 7.44. The molecule has 0 aromatic heterocycles. The van der Waals surface area contributed by atoms with Crippen molar-refractivity contribution in [3.05, 3.63) is 0 Å². The maximum atomic E-state index is 8.27. The van der Waals surface area contributed by atoms with Gasteiger partial charge in [0, 0.05) is 0 Å². The smallest absolute Gasteiger partial charge is 0.167 e. The van der Waals surface area contributed by atoms with Crippen LogP contribution < -0.4 is 0 Å². The van der Waals surface area contributed by atoms with Gasteiger partial charge in [-0.25, -0.2) is 0 Å². The molecule has 0 saturated carbocycles. The highest BCUT2D eigenvalue weighted by Crippen LogP contribution is 1.95. The molecule has 1 atom stereocenters. The molecule has 3 nitrogen and oxygen atoms in total. The lowest BCUT2D eigenvalue weighted by atomic mass is 10.2. The summed E-state index contributed by atoms with van der Waals surface area (Å²) in [5.74, 6) is 1.15. The first-order valence-corrected chi connectivity index (χ1v) is 2.15. The van der Waals surface area contributed by atoms with Crippen LogP contribution in [0.15, 0.2) is 0 Å². The van der Waals surface area contributed by atoms with Gasteiger partial charge in [0.15, 0.2) is 6.29 Å². The molecule has 0 aliphatic rings. The molecular weight excluding hydrogens is 108 g/mol. The van der Waals surface area contributed by atoms with Crippen LogP contribution in [0.25, 0.3) is 0 Å². The third-order valence-corrected chi connectivity index (χ3v) is 0.771. The highest BCUT2D eigenvalue weighted by molar-refractivity contribution is 4.93. The van der Waals surface area contributed by atoms with Crippen molar-refractivity contribution in [1.82, 2.24) is 0 Å². The van der Waals surface area contributed by atoms with Gasteiger partial charge in [0.1, 0.15) is 0 Å². The van der Waals surface area contributed by atoms with Crippen LogP contribution in [0.1, 0.15) is 0 Å². The SMILES string of the molecule is C#C[C@@H](CO)C(O)O. The standard InChI is InChI=1S/C5H8O3/c1-2-4(3-6)5(7)8/h1,4-8H,3H2/t4-/m0/s1. The zero-order valence-corrected chi connectivity index (χ0v) is 4.28. The van der Waals surface area contributed by atoms with Crippen molar-refractivity contribution in [3.63, 3.8) is 0 Å². The average molecular weight is 116 g/mol. The van der Waals surface area contributed by atoms with Crippen LogP contribution in [0.5, 0.6) is 0 Å². The first-order valence-electron chi connectivity index (χ1n) is 2.15. The quantitative estimate of drug-likeness (QED) is 0.305. The van der Waals surface area contributed by atoms with Gasteiger partial charge in [-0.2, -0.15) is 0 Å². The summed E-state index contributed by atoms with van der Waals surface area (Å²) in [6, 6.07) is 0. The van der Waals surface area contributed by atoms with Crippen molar-refractivity contribution in [2.75, 3.05) is 6.61 Å². The van der Waals surface area contributed by atoms with Crippen LogP contribution in [0.2, 0.25) is 0 Å². The summed E-state index contributed by atoms with van der Waals surface area (Å²) in [6.45, 7) is -0.395. The van der Waals surface area contributed by atoms with Crippen LogP contribution in [0, 0.1) is 18.3 Å². The zero-order chi connectivity index (χ0) is 6.57. The molecule has 0 aliphatic heterocycles. The summed E-state index contributed by atoms with van der Waals surface area (Å²) in [5, 5.41) is 24.8. The van der Waals surface area contributed by atoms with Gasteiger partial charge >= 0.3 is 0 Å². The minimum absolute atomic E-state index is 0.395. The van der Waals surface area contributed by atoms with E-state index in [2.05, 4.69) is 0 Å². The zero-order valence-electron chi connectivity index (χ0n) is 4.28. The molecule has 46 valence electrons. The van der Waals surface area contributed by atoms with Gasteiger partial charge in [-0.15, -0.1) is 6.42 Å². The highest BCUT2D eigenvalue weighted by Gasteiger charge is 2.10. The van der Waals surface area contributed by atoms with Gasteiger partial charge in [-0.3, -0.25) is 0 Å². The molecular formula is C5H8O3. The van der Waals surface area contributed by atoms with Gasteiger partial charge in [-0.1, -0.05) is 5.92 Å². The maximum absolute atomic E-state index is 8.27. The van der Waals surface area contributed by atoms with E-state index in [4.69, 9.17) is 21.7 Å². The number of terminal acetylenes is 1. The van der Waals surface area contributed by atoms with Crippen molar-refractivity contribution in [2.24, 2.45) is 5.92 Å². The van der Waals surface area contributed by atoms with Crippen molar-refractivity contribution in [1.29, 1.82) is 0 Å². The van der Waals surface area contributed by atoms with E-state index in [9.17, 15) is 0 Å². The molecule has 0 spiro atoms. The minimum Gasteiger partial charge on any atom is -0.395 e. The van der Waals surface area contributed by atoms with E-state index in [1.54, 1.807) is 0 Å². The molecule has 0 fully saturated rings. The largest absolute Gasteiger partial charge is 0.395 e. The Bertz CT molecular complexity index is 92.3. The fourth-order valence-electron chi connectivity index (χ4n) is 0.233. The number of hydrogen-bond donors (Lipinski definition) is 3. The molecule has 0 bridgehead atoms. The molecule has 0 aromatic rings. The van der Waals surface area contributed by atoms with Gasteiger partial charge in [-0.05, 0) is 0 Å². The molecule has 0 aliphatic carbocycles. The normalized spacial score (nSPS) is 13.4. The van der Waals surface area contributed by atoms with E-state index < -0.39 is 18.8 Å². The Morgan fingerprint density at radius 1 is 1.50 bits per heavy atom. The topological polar surface area (TPSA) is 60.7 Å². The molecule has 0 unspecified atom stereocenters. The Hall–Kier alpha value is -0.560. The predicted molar refractivity (Wildman–Crippen MR) is 27.6 cm³/mol. The molecule has 0 saturated heterocycles. The summed E-state index contributed by atoms with van der Waals surface area (Å²) < 4.78 is 0. The second-order valence-electron chi connectivity index (χ2n) is 1.37. The van der Waals surface area contributed by atoms with Gasteiger partial charge in [0.05, 0.1) is 12.5 Å². The van der Waals surface area contributed by atoms with Crippen LogP contribution >= 0.6 is 0 Å². The number of hydrogen-bond acceptors (Lipinski definition) is 3. The Kier molecular flexibility index (Phi) is 3.20. The van der Waals surface area contributed by atoms with E-state index in [0.29, 0.717) is 0 Å². The van der Waals surface area contributed by atoms with Crippen molar-refractivity contribution >= 4 is 0 Å². The molecule has 0 rings (SSSR count). The lowest BCUT2D eigenvalue weighted by molar-refractivity contribution is -0.0783.